The van der Waals surface area contributed by atoms with E-state index < -0.39 is 16.6 Å². The summed E-state index contributed by atoms with van der Waals surface area (Å²) in [4.78, 5) is 12.8. The van der Waals surface area contributed by atoms with Crippen LogP contribution in [-0.2, 0) is 9.53 Å². The highest BCUT2D eigenvalue weighted by Crippen LogP contribution is 2.72. The molecule has 1 saturated heterocycles. The zero-order chi connectivity index (χ0) is 16.7. The summed E-state index contributed by atoms with van der Waals surface area (Å²) in [5, 5.41) is 11.6. The molecule has 2 spiro atoms. The standard InChI is InChI=1S/C20H30O3/c1-13(2)14-6-11-20-18(22,12-14)10-7-15-17(3,4)8-5-9-19(15,20)16(21)23-20/h12-13,15,22H,5-11H2,1-4H3/t15-,18+,19-,20+/m0/s1. The van der Waals surface area contributed by atoms with Crippen molar-refractivity contribution in [3.05, 3.63) is 11.6 Å². The van der Waals surface area contributed by atoms with Gasteiger partial charge in [-0.15, -0.1) is 0 Å². The highest BCUT2D eigenvalue weighted by molar-refractivity contribution is 5.87. The number of rotatable bonds is 1. The first-order valence-corrected chi connectivity index (χ1v) is 9.36. The predicted molar refractivity (Wildman–Crippen MR) is 88.7 cm³/mol. The fourth-order valence-electron chi connectivity index (χ4n) is 6.54. The quantitative estimate of drug-likeness (QED) is 0.587. The number of hydrogen-bond acceptors (Lipinski definition) is 3. The first-order valence-electron chi connectivity index (χ1n) is 9.36. The normalized spacial score (nSPS) is 47.7. The van der Waals surface area contributed by atoms with Crippen LogP contribution >= 0.6 is 0 Å². The SMILES string of the molecule is CC(C)C1=C[C@]2(O)CC[C@H]3C(C)(C)CCC[C@@]34C(=O)O[C@]24CC1. The molecular formula is C20H30O3. The van der Waals surface area contributed by atoms with Gasteiger partial charge in [-0.3, -0.25) is 4.79 Å². The number of ether oxygens (including phenoxy) is 1. The molecule has 0 aromatic carbocycles. The van der Waals surface area contributed by atoms with E-state index in [2.05, 4.69) is 33.8 Å². The molecule has 3 aliphatic carbocycles. The van der Waals surface area contributed by atoms with Crippen LogP contribution in [0.5, 0.6) is 0 Å². The molecule has 4 aliphatic rings. The van der Waals surface area contributed by atoms with Crippen LogP contribution < -0.4 is 0 Å². The summed E-state index contributed by atoms with van der Waals surface area (Å²) in [6, 6.07) is 0. The predicted octanol–water partition coefficient (Wildman–Crippen LogP) is 4.00. The van der Waals surface area contributed by atoms with E-state index in [1.165, 1.54) is 12.0 Å². The van der Waals surface area contributed by atoms with Gasteiger partial charge in [0.05, 0.1) is 0 Å². The number of allylic oxidation sites excluding steroid dienone is 1. The van der Waals surface area contributed by atoms with Gasteiger partial charge in [0.1, 0.15) is 11.0 Å². The molecule has 0 aromatic rings. The molecule has 3 fully saturated rings. The van der Waals surface area contributed by atoms with Gasteiger partial charge in [0.15, 0.2) is 5.60 Å². The molecule has 3 heteroatoms. The smallest absolute Gasteiger partial charge is 0.317 e. The second-order valence-corrected chi connectivity index (χ2v) is 9.42. The van der Waals surface area contributed by atoms with Crippen molar-refractivity contribution in [1.29, 1.82) is 0 Å². The van der Waals surface area contributed by atoms with Gasteiger partial charge in [0, 0.05) is 0 Å². The molecule has 4 rings (SSSR count). The van der Waals surface area contributed by atoms with Crippen molar-refractivity contribution >= 4 is 5.97 Å². The summed E-state index contributed by atoms with van der Waals surface area (Å²) in [6.07, 6.45) is 8.62. The van der Waals surface area contributed by atoms with Crippen molar-refractivity contribution in [2.75, 3.05) is 0 Å². The van der Waals surface area contributed by atoms with Gasteiger partial charge >= 0.3 is 5.97 Å². The summed E-state index contributed by atoms with van der Waals surface area (Å²) in [5.41, 5.74) is -0.571. The minimum Gasteiger partial charge on any atom is -0.454 e. The van der Waals surface area contributed by atoms with E-state index >= 15 is 0 Å². The van der Waals surface area contributed by atoms with E-state index in [9.17, 15) is 9.90 Å². The Labute approximate surface area is 139 Å². The highest BCUT2D eigenvalue weighted by atomic mass is 16.6. The van der Waals surface area contributed by atoms with Gasteiger partial charge in [-0.25, -0.2) is 0 Å². The Kier molecular flexibility index (Phi) is 3.01. The van der Waals surface area contributed by atoms with Crippen LogP contribution in [0.2, 0.25) is 0 Å². The van der Waals surface area contributed by atoms with Gasteiger partial charge in [0.25, 0.3) is 0 Å². The van der Waals surface area contributed by atoms with Gasteiger partial charge < -0.3 is 9.84 Å². The average Bonchev–Trinajstić information content (AvgIpc) is 2.46. The zero-order valence-corrected chi connectivity index (χ0v) is 14.9. The maximum atomic E-state index is 12.8. The lowest BCUT2D eigenvalue weighted by atomic mass is 9.39. The van der Waals surface area contributed by atoms with Crippen molar-refractivity contribution in [2.45, 2.75) is 83.8 Å². The fourth-order valence-corrected chi connectivity index (χ4v) is 6.54. The Balaban J connectivity index is 1.84. The Morgan fingerprint density at radius 1 is 1.22 bits per heavy atom. The molecule has 0 amide bonds. The summed E-state index contributed by atoms with van der Waals surface area (Å²) in [6.45, 7) is 8.98. The minimum atomic E-state index is -0.956. The van der Waals surface area contributed by atoms with Crippen LogP contribution in [0.3, 0.4) is 0 Å². The number of aliphatic hydroxyl groups is 1. The van der Waals surface area contributed by atoms with Gasteiger partial charge in [0.2, 0.25) is 0 Å². The highest BCUT2D eigenvalue weighted by Gasteiger charge is 2.82. The van der Waals surface area contributed by atoms with Crippen LogP contribution in [-0.4, -0.2) is 22.3 Å². The summed E-state index contributed by atoms with van der Waals surface area (Å²) in [7, 11) is 0. The molecule has 0 radical (unpaired) electrons. The maximum Gasteiger partial charge on any atom is 0.317 e. The van der Waals surface area contributed by atoms with Crippen LogP contribution in [0.4, 0.5) is 0 Å². The molecule has 2 saturated carbocycles. The van der Waals surface area contributed by atoms with Crippen LogP contribution in [0.25, 0.3) is 0 Å². The molecule has 0 unspecified atom stereocenters. The molecular weight excluding hydrogens is 288 g/mol. The third-order valence-corrected chi connectivity index (χ3v) is 7.73. The molecule has 128 valence electrons. The molecule has 3 nitrogen and oxygen atoms in total. The number of esters is 1. The monoisotopic (exact) mass is 318 g/mol. The number of carbonyl (C=O) groups is 1. The Morgan fingerprint density at radius 3 is 2.61 bits per heavy atom. The van der Waals surface area contributed by atoms with Crippen molar-refractivity contribution < 1.29 is 14.6 Å². The van der Waals surface area contributed by atoms with Crippen molar-refractivity contribution in [1.82, 2.24) is 0 Å². The minimum absolute atomic E-state index is 0.0326. The van der Waals surface area contributed by atoms with E-state index in [0.29, 0.717) is 11.8 Å². The van der Waals surface area contributed by atoms with Crippen molar-refractivity contribution in [3.8, 4) is 0 Å². The van der Waals surface area contributed by atoms with Gasteiger partial charge in [-0.1, -0.05) is 39.7 Å². The van der Waals surface area contributed by atoms with Gasteiger partial charge in [-0.05, 0) is 61.9 Å². The van der Waals surface area contributed by atoms with E-state index in [0.717, 1.165) is 38.5 Å². The number of hydrogen-bond donors (Lipinski definition) is 1. The van der Waals surface area contributed by atoms with Gasteiger partial charge in [-0.2, -0.15) is 0 Å². The molecule has 1 heterocycles. The molecule has 4 atom stereocenters. The summed E-state index contributed by atoms with van der Waals surface area (Å²) < 4.78 is 5.89. The van der Waals surface area contributed by atoms with Crippen LogP contribution in [0.1, 0.15) is 72.6 Å². The number of carbonyl (C=O) groups excluding carboxylic acids is 1. The van der Waals surface area contributed by atoms with E-state index in [1.807, 2.05) is 0 Å². The molecule has 1 N–H and O–H groups in total. The second-order valence-electron chi connectivity index (χ2n) is 9.42. The third-order valence-electron chi connectivity index (χ3n) is 7.73. The lowest BCUT2D eigenvalue weighted by Crippen LogP contribution is -2.82. The molecule has 0 aromatic heterocycles. The average molecular weight is 318 g/mol. The van der Waals surface area contributed by atoms with Crippen molar-refractivity contribution in [3.63, 3.8) is 0 Å². The Morgan fingerprint density at radius 2 is 1.96 bits per heavy atom. The molecule has 0 bridgehead atoms. The lowest BCUT2D eigenvalue weighted by Gasteiger charge is -2.72. The Bertz CT molecular complexity index is 590. The topological polar surface area (TPSA) is 46.5 Å². The first-order chi connectivity index (χ1) is 10.7. The summed E-state index contributed by atoms with van der Waals surface area (Å²) >= 11 is 0. The molecule has 23 heavy (non-hydrogen) atoms. The lowest BCUT2D eigenvalue weighted by molar-refractivity contribution is -0.338. The van der Waals surface area contributed by atoms with Crippen LogP contribution in [0.15, 0.2) is 11.6 Å². The van der Waals surface area contributed by atoms with E-state index in [1.54, 1.807) is 0 Å². The Hall–Kier alpha value is -0.830. The fraction of sp³-hybridized carbons (Fsp3) is 0.850. The largest absolute Gasteiger partial charge is 0.454 e. The second kappa shape index (κ2) is 4.41. The zero-order valence-electron chi connectivity index (χ0n) is 14.9. The molecule has 1 aliphatic heterocycles. The van der Waals surface area contributed by atoms with Crippen LogP contribution in [0, 0.1) is 22.7 Å². The third kappa shape index (κ3) is 1.63. The van der Waals surface area contributed by atoms with E-state index in [-0.39, 0.29) is 11.4 Å². The van der Waals surface area contributed by atoms with Crippen molar-refractivity contribution in [2.24, 2.45) is 22.7 Å². The van der Waals surface area contributed by atoms with E-state index in [4.69, 9.17) is 4.74 Å². The maximum absolute atomic E-state index is 12.8. The first kappa shape index (κ1) is 15.7. The summed E-state index contributed by atoms with van der Waals surface area (Å²) in [5.74, 6) is 0.762.